The topological polar surface area (TPSA) is 0 Å². The molecule has 0 aliphatic rings. The normalized spacial score (nSPS) is 20.1. The minimum atomic E-state index is 0.822. The van der Waals surface area contributed by atoms with E-state index in [2.05, 4.69) is 66.0 Å². The molecule has 10 heavy (non-hydrogen) atoms. The highest BCUT2D eigenvalue weighted by Crippen LogP contribution is 2.21. The number of rotatable bonds is 4. The highest BCUT2D eigenvalue weighted by molar-refractivity contribution is 14.1. The largest absolute Gasteiger partial charge is 0.0861 e. The summed E-state index contributed by atoms with van der Waals surface area (Å²) in [6.45, 7) is 6.98. The second-order valence-corrected chi connectivity index (χ2v) is 6.00. The van der Waals surface area contributed by atoms with Gasteiger partial charge < -0.3 is 0 Å². The second kappa shape index (κ2) is 6.03. The highest BCUT2D eigenvalue weighted by atomic mass is 127. The first-order valence-corrected chi connectivity index (χ1v) is 6.55. The van der Waals surface area contributed by atoms with Gasteiger partial charge in [0.05, 0.1) is 0 Å². The standard InChI is InChI=1S/C8H16I2/c1-6(5-9)4-7(2)8(3)10/h6-8H,4-5H2,1-3H3. The molecular formula is C8H16I2. The maximum Gasteiger partial charge on any atom is 0.0107 e. The van der Waals surface area contributed by atoms with E-state index in [1.807, 2.05) is 0 Å². The molecular weight excluding hydrogens is 350 g/mol. The van der Waals surface area contributed by atoms with Crippen LogP contribution in [0.3, 0.4) is 0 Å². The van der Waals surface area contributed by atoms with Gasteiger partial charge in [0, 0.05) is 8.35 Å². The number of hydrogen-bond donors (Lipinski definition) is 0. The van der Waals surface area contributed by atoms with Crippen LogP contribution in [0.4, 0.5) is 0 Å². The molecule has 0 nitrogen and oxygen atoms in total. The van der Waals surface area contributed by atoms with Gasteiger partial charge in [-0.05, 0) is 18.3 Å². The summed E-state index contributed by atoms with van der Waals surface area (Å²) in [5, 5.41) is 0. The Morgan fingerprint density at radius 2 is 1.70 bits per heavy atom. The van der Waals surface area contributed by atoms with E-state index in [-0.39, 0.29) is 0 Å². The fraction of sp³-hybridized carbons (Fsp3) is 1.00. The summed E-state index contributed by atoms with van der Waals surface area (Å²) in [6, 6.07) is 0. The molecule has 0 spiro atoms. The van der Waals surface area contributed by atoms with E-state index < -0.39 is 0 Å². The zero-order chi connectivity index (χ0) is 8.15. The van der Waals surface area contributed by atoms with Crippen LogP contribution in [-0.4, -0.2) is 8.35 Å². The Morgan fingerprint density at radius 3 is 2.00 bits per heavy atom. The summed E-state index contributed by atoms with van der Waals surface area (Å²) in [4.78, 5) is 0. The maximum atomic E-state index is 2.52. The molecule has 2 heteroatoms. The van der Waals surface area contributed by atoms with Crippen LogP contribution in [-0.2, 0) is 0 Å². The van der Waals surface area contributed by atoms with Crippen molar-refractivity contribution in [1.29, 1.82) is 0 Å². The molecule has 62 valence electrons. The molecule has 3 atom stereocenters. The van der Waals surface area contributed by atoms with Crippen LogP contribution in [0.15, 0.2) is 0 Å². The van der Waals surface area contributed by atoms with Crippen molar-refractivity contribution in [3.63, 3.8) is 0 Å². The van der Waals surface area contributed by atoms with Crippen molar-refractivity contribution in [3.8, 4) is 0 Å². The van der Waals surface area contributed by atoms with Gasteiger partial charge in [-0.1, -0.05) is 66.0 Å². The second-order valence-electron chi connectivity index (χ2n) is 3.15. The first-order valence-electron chi connectivity index (χ1n) is 3.78. The smallest absolute Gasteiger partial charge is 0.0107 e. The Morgan fingerprint density at radius 1 is 1.20 bits per heavy atom. The molecule has 0 aliphatic carbocycles. The van der Waals surface area contributed by atoms with Gasteiger partial charge in [-0.2, -0.15) is 0 Å². The van der Waals surface area contributed by atoms with Gasteiger partial charge in [-0.25, -0.2) is 0 Å². The summed E-state index contributed by atoms with van der Waals surface area (Å²) in [6.07, 6.45) is 1.38. The average molecular weight is 366 g/mol. The lowest BCUT2D eigenvalue weighted by molar-refractivity contribution is 0.452. The molecule has 0 fully saturated rings. The molecule has 0 aliphatic heterocycles. The predicted octanol–water partition coefficient (Wildman–Crippen LogP) is 3.91. The summed E-state index contributed by atoms with van der Waals surface area (Å²) in [7, 11) is 0. The van der Waals surface area contributed by atoms with E-state index >= 15 is 0 Å². The maximum absolute atomic E-state index is 2.52. The van der Waals surface area contributed by atoms with Crippen LogP contribution in [0.1, 0.15) is 27.2 Å². The molecule has 0 rings (SSSR count). The minimum absolute atomic E-state index is 0.822. The van der Waals surface area contributed by atoms with Gasteiger partial charge in [0.15, 0.2) is 0 Å². The monoisotopic (exact) mass is 366 g/mol. The summed E-state index contributed by atoms with van der Waals surface area (Å²) >= 11 is 4.98. The summed E-state index contributed by atoms with van der Waals surface area (Å²) in [5.74, 6) is 1.78. The molecule has 0 saturated carbocycles. The Hall–Kier alpha value is 1.46. The van der Waals surface area contributed by atoms with Crippen molar-refractivity contribution in [2.45, 2.75) is 31.1 Å². The molecule has 0 heterocycles. The molecule has 0 aromatic carbocycles. The zero-order valence-corrected chi connectivity index (χ0v) is 11.2. The number of hydrogen-bond acceptors (Lipinski definition) is 0. The minimum Gasteiger partial charge on any atom is -0.0861 e. The first kappa shape index (κ1) is 11.5. The van der Waals surface area contributed by atoms with Crippen molar-refractivity contribution in [1.82, 2.24) is 0 Å². The SMILES string of the molecule is CC(CI)CC(C)C(C)I. The Labute approximate surface area is 91.8 Å². The van der Waals surface area contributed by atoms with Gasteiger partial charge >= 0.3 is 0 Å². The zero-order valence-electron chi connectivity index (χ0n) is 6.90. The van der Waals surface area contributed by atoms with Crippen LogP contribution in [0.5, 0.6) is 0 Å². The lowest BCUT2D eigenvalue weighted by atomic mass is 9.97. The third kappa shape index (κ3) is 5.16. The molecule has 0 bridgehead atoms. The van der Waals surface area contributed by atoms with Crippen molar-refractivity contribution in [2.24, 2.45) is 11.8 Å². The lowest BCUT2D eigenvalue weighted by Gasteiger charge is -2.17. The third-order valence-corrected chi connectivity index (χ3v) is 4.55. The van der Waals surface area contributed by atoms with Crippen LogP contribution in [0.25, 0.3) is 0 Å². The van der Waals surface area contributed by atoms with E-state index in [1.54, 1.807) is 0 Å². The quantitative estimate of drug-likeness (QED) is 0.523. The Kier molecular flexibility index (Phi) is 6.91. The van der Waals surface area contributed by atoms with Crippen molar-refractivity contribution in [3.05, 3.63) is 0 Å². The van der Waals surface area contributed by atoms with Crippen molar-refractivity contribution < 1.29 is 0 Å². The van der Waals surface area contributed by atoms with Gasteiger partial charge in [-0.3, -0.25) is 0 Å². The average Bonchev–Trinajstić information content (AvgIpc) is 1.87. The van der Waals surface area contributed by atoms with Crippen LogP contribution in [0, 0.1) is 11.8 Å². The van der Waals surface area contributed by atoms with E-state index in [0.29, 0.717) is 0 Å². The van der Waals surface area contributed by atoms with Crippen molar-refractivity contribution >= 4 is 45.2 Å². The molecule has 0 amide bonds. The molecule has 0 saturated heterocycles. The summed E-state index contributed by atoms with van der Waals surface area (Å²) < 4.78 is 2.12. The molecule has 0 N–H and O–H groups in total. The van der Waals surface area contributed by atoms with Crippen LogP contribution in [0.2, 0.25) is 0 Å². The lowest BCUT2D eigenvalue weighted by Crippen LogP contribution is -2.11. The van der Waals surface area contributed by atoms with Gasteiger partial charge in [0.1, 0.15) is 0 Å². The van der Waals surface area contributed by atoms with E-state index in [4.69, 9.17) is 0 Å². The van der Waals surface area contributed by atoms with Crippen molar-refractivity contribution in [2.75, 3.05) is 4.43 Å². The van der Waals surface area contributed by atoms with Crippen LogP contribution >= 0.6 is 45.2 Å². The van der Waals surface area contributed by atoms with Gasteiger partial charge in [0.2, 0.25) is 0 Å². The molecule has 0 aromatic heterocycles. The van der Waals surface area contributed by atoms with E-state index in [0.717, 1.165) is 15.8 Å². The summed E-state index contributed by atoms with van der Waals surface area (Å²) in [5.41, 5.74) is 0. The first-order chi connectivity index (χ1) is 4.57. The molecule has 3 unspecified atom stereocenters. The molecule has 0 radical (unpaired) electrons. The number of halogens is 2. The van der Waals surface area contributed by atoms with Gasteiger partial charge in [0.25, 0.3) is 0 Å². The fourth-order valence-electron chi connectivity index (χ4n) is 0.885. The third-order valence-electron chi connectivity index (χ3n) is 1.82. The number of alkyl halides is 2. The van der Waals surface area contributed by atoms with Crippen LogP contribution < -0.4 is 0 Å². The Balaban J connectivity index is 3.46. The predicted molar refractivity (Wildman–Crippen MR) is 65.3 cm³/mol. The fourth-order valence-corrected chi connectivity index (χ4v) is 1.54. The van der Waals surface area contributed by atoms with E-state index in [1.165, 1.54) is 10.8 Å². The van der Waals surface area contributed by atoms with E-state index in [9.17, 15) is 0 Å². The molecule has 0 aromatic rings. The Bertz CT molecular complexity index is 81.3. The van der Waals surface area contributed by atoms with Gasteiger partial charge in [-0.15, -0.1) is 0 Å². The highest BCUT2D eigenvalue weighted by Gasteiger charge is 2.11.